The molecular formula is C20H26N2O3. The third-order valence-corrected chi connectivity index (χ3v) is 6.52. The first-order valence-electron chi connectivity index (χ1n) is 9.29. The van der Waals surface area contributed by atoms with E-state index in [4.69, 9.17) is 10.5 Å². The van der Waals surface area contributed by atoms with E-state index in [1.54, 1.807) is 24.3 Å². The van der Waals surface area contributed by atoms with Gasteiger partial charge >= 0.3 is 0 Å². The fourth-order valence-corrected chi connectivity index (χ4v) is 5.66. The van der Waals surface area contributed by atoms with Crippen molar-refractivity contribution in [1.29, 1.82) is 0 Å². The van der Waals surface area contributed by atoms with Gasteiger partial charge in [-0.05, 0) is 80.0 Å². The van der Waals surface area contributed by atoms with E-state index >= 15 is 0 Å². The lowest BCUT2D eigenvalue weighted by molar-refractivity contribution is -0.143. The lowest BCUT2D eigenvalue weighted by Gasteiger charge is -2.56. The van der Waals surface area contributed by atoms with Crippen LogP contribution in [0.4, 0.5) is 0 Å². The van der Waals surface area contributed by atoms with Crippen molar-refractivity contribution in [3.05, 3.63) is 29.8 Å². The number of hydrogen-bond acceptors (Lipinski definition) is 3. The summed E-state index contributed by atoms with van der Waals surface area (Å²) in [4.78, 5) is 25.7. The van der Waals surface area contributed by atoms with E-state index in [1.165, 1.54) is 32.1 Å². The zero-order valence-electron chi connectivity index (χ0n) is 14.7. The zero-order valence-corrected chi connectivity index (χ0v) is 14.7. The Labute approximate surface area is 148 Å². The second-order valence-corrected chi connectivity index (χ2v) is 8.10. The molecule has 0 aliphatic heterocycles. The first kappa shape index (κ1) is 16.4. The van der Waals surface area contributed by atoms with Gasteiger partial charge in [0.2, 0.25) is 5.91 Å². The van der Waals surface area contributed by atoms with Crippen LogP contribution in [-0.2, 0) is 4.79 Å². The van der Waals surface area contributed by atoms with E-state index in [0.717, 1.165) is 11.8 Å². The van der Waals surface area contributed by atoms with E-state index in [2.05, 4.69) is 0 Å². The molecule has 4 bridgehead atoms. The van der Waals surface area contributed by atoms with Crippen LogP contribution < -0.4 is 10.5 Å². The molecule has 0 atom stereocenters. The predicted molar refractivity (Wildman–Crippen MR) is 94.1 cm³/mol. The van der Waals surface area contributed by atoms with Gasteiger partial charge in [0.1, 0.15) is 5.75 Å². The normalized spacial score (nSPS) is 32.4. The van der Waals surface area contributed by atoms with Gasteiger partial charge in [-0.25, -0.2) is 0 Å². The maximum Gasteiger partial charge on any atom is 0.260 e. The van der Waals surface area contributed by atoms with Crippen molar-refractivity contribution in [2.45, 2.75) is 38.1 Å². The fourth-order valence-electron chi connectivity index (χ4n) is 5.66. The summed E-state index contributed by atoms with van der Waals surface area (Å²) in [7, 11) is 1.94. The summed E-state index contributed by atoms with van der Waals surface area (Å²) in [5.74, 6) is 3.32. The fraction of sp³-hybridized carbons (Fsp3) is 0.600. The number of amides is 2. The van der Waals surface area contributed by atoms with Crippen LogP contribution in [0.1, 0.15) is 42.5 Å². The van der Waals surface area contributed by atoms with Gasteiger partial charge in [0.25, 0.3) is 5.91 Å². The van der Waals surface area contributed by atoms with Gasteiger partial charge in [0.05, 0.1) is 0 Å². The summed E-state index contributed by atoms with van der Waals surface area (Å²) in [5.41, 5.74) is 5.66. The largest absolute Gasteiger partial charge is 0.484 e. The number of primary amides is 1. The van der Waals surface area contributed by atoms with Crippen LogP contribution in [0.25, 0.3) is 0 Å². The molecule has 0 saturated heterocycles. The summed E-state index contributed by atoms with van der Waals surface area (Å²) in [6.45, 7) is 0.0369. The first-order valence-corrected chi connectivity index (χ1v) is 9.29. The first-order chi connectivity index (χ1) is 12.0. The maximum atomic E-state index is 12.6. The summed E-state index contributed by atoms with van der Waals surface area (Å²) in [6.07, 6.45) is 6.60. The molecule has 2 N–H and O–H groups in total. The van der Waals surface area contributed by atoms with Gasteiger partial charge in [-0.15, -0.1) is 0 Å². The highest BCUT2D eigenvalue weighted by Gasteiger charge is 2.50. The molecule has 4 saturated carbocycles. The second-order valence-electron chi connectivity index (χ2n) is 8.10. The number of rotatable bonds is 5. The van der Waals surface area contributed by atoms with E-state index < -0.39 is 5.91 Å². The molecule has 4 aliphatic rings. The lowest BCUT2D eigenvalue weighted by atomic mass is 9.54. The highest BCUT2D eigenvalue weighted by molar-refractivity contribution is 5.92. The minimum Gasteiger partial charge on any atom is -0.484 e. The number of likely N-dealkylation sites (N-methyl/N-ethyl adjacent to an activating group) is 1. The van der Waals surface area contributed by atoms with E-state index in [0.29, 0.717) is 29.2 Å². The number of carbonyl (C=O) groups excluding carboxylic acids is 2. The van der Waals surface area contributed by atoms with Crippen molar-refractivity contribution in [2.24, 2.45) is 29.4 Å². The van der Waals surface area contributed by atoms with Crippen LogP contribution in [0.5, 0.6) is 5.75 Å². The molecule has 134 valence electrons. The Hall–Kier alpha value is -2.04. The van der Waals surface area contributed by atoms with Crippen molar-refractivity contribution in [2.75, 3.05) is 13.7 Å². The minimum absolute atomic E-state index is 0.0369. The number of ether oxygens (including phenoxy) is 1. The molecular weight excluding hydrogens is 316 g/mol. The van der Waals surface area contributed by atoms with Gasteiger partial charge in [-0.3, -0.25) is 9.59 Å². The van der Waals surface area contributed by atoms with Gasteiger partial charge < -0.3 is 15.4 Å². The smallest absolute Gasteiger partial charge is 0.260 e. The summed E-state index contributed by atoms with van der Waals surface area (Å²) < 4.78 is 5.62. The number of nitrogens with two attached hydrogens (primary N) is 1. The van der Waals surface area contributed by atoms with E-state index in [9.17, 15) is 9.59 Å². The Morgan fingerprint density at radius 1 is 1.04 bits per heavy atom. The molecule has 0 heterocycles. The highest BCUT2D eigenvalue weighted by Crippen LogP contribution is 2.54. The zero-order chi connectivity index (χ0) is 17.6. The molecule has 0 spiro atoms. The molecule has 5 rings (SSSR count). The Kier molecular flexibility index (Phi) is 4.18. The molecule has 1 aromatic carbocycles. The molecule has 0 aromatic heterocycles. The van der Waals surface area contributed by atoms with Crippen LogP contribution in [0.15, 0.2) is 24.3 Å². The van der Waals surface area contributed by atoms with Crippen LogP contribution in [-0.4, -0.2) is 36.4 Å². The molecule has 1 aromatic rings. The molecule has 5 heteroatoms. The SMILES string of the molecule is CN(C(=O)COc1ccc(C(N)=O)cc1)C1C2CC3CC(C2)CC1C3. The Bertz CT molecular complexity index is 642. The van der Waals surface area contributed by atoms with Gasteiger partial charge in [-0.1, -0.05) is 0 Å². The van der Waals surface area contributed by atoms with E-state index in [1.807, 2.05) is 11.9 Å². The molecule has 0 radical (unpaired) electrons. The molecule has 2 amide bonds. The molecule has 5 nitrogen and oxygen atoms in total. The van der Waals surface area contributed by atoms with Crippen molar-refractivity contribution in [3.63, 3.8) is 0 Å². The van der Waals surface area contributed by atoms with Crippen LogP contribution in [0.3, 0.4) is 0 Å². The number of carbonyl (C=O) groups is 2. The van der Waals surface area contributed by atoms with Gasteiger partial charge in [-0.2, -0.15) is 0 Å². The molecule has 4 aliphatic carbocycles. The Morgan fingerprint density at radius 2 is 1.60 bits per heavy atom. The minimum atomic E-state index is -0.468. The summed E-state index contributed by atoms with van der Waals surface area (Å²) in [6, 6.07) is 6.97. The quantitative estimate of drug-likeness (QED) is 0.893. The van der Waals surface area contributed by atoms with Gasteiger partial charge in [0, 0.05) is 18.7 Å². The Balaban J connectivity index is 1.35. The average molecular weight is 342 g/mol. The van der Waals surface area contributed by atoms with Gasteiger partial charge in [0.15, 0.2) is 6.61 Å². The number of benzene rings is 1. The standard InChI is InChI=1S/C20H26N2O3/c1-22(19-15-7-12-6-13(9-15)10-16(19)8-12)18(23)11-25-17-4-2-14(3-5-17)20(21)24/h2-5,12-13,15-16,19H,6-11H2,1H3,(H2,21,24). The Morgan fingerprint density at radius 3 is 2.12 bits per heavy atom. The third-order valence-electron chi connectivity index (χ3n) is 6.52. The van der Waals surface area contributed by atoms with Crippen molar-refractivity contribution in [3.8, 4) is 5.75 Å². The lowest BCUT2D eigenvalue weighted by Crippen LogP contribution is -2.56. The van der Waals surface area contributed by atoms with Crippen molar-refractivity contribution >= 4 is 11.8 Å². The number of hydrogen-bond donors (Lipinski definition) is 1. The summed E-state index contributed by atoms with van der Waals surface area (Å²) in [5, 5.41) is 0. The average Bonchev–Trinajstić information content (AvgIpc) is 2.59. The molecule has 25 heavy (non-hydrogen) atoms. The van der Waals surface area contributed by atoms with Crippen LogP contribution in [0, 0.1) is 23.7 Å². The number of nitrogens with zero attached hydrogens (tertiary/aromatic N) is 1. The summed E-state index contributed by atoms with van der Waals surface area (Å²) >= 11 is 0. The monoisotopic (exact) mass is 342 g/mol. The van der Waals surface area contributed by atoms with Crippen molar-refractivity contribution < 1.29 is 14.3 Å². The topological polar surface area (TPSA) is 72.6 Å². The third kappa shape index (κ3) is 3.12. The molecule has 4 fully saturated rings. The maximum absolute atomic E-state index is 12.6. The van der Waals surface area contributed by atoms with E-state index in [-0.39, 0.29) is 12.5 Å². The van der Waals surface area contributed by atoms with Crippen LogP contribution in [0.2, 0.25) is 0 Å². The van der Waals surface area contributed by atoms with Crippen molar-refractivity contribution in [1.82, 2.24) is 4.90 Å². The molecule has 0 unspecified atom stereocenters. The second kappa shape index (κ2) is 6.36. The predicted octanol–water partition coefficient (Wildman–Crippen LogP) is 2.45. The van der Waals surface area contributed by atoms with Crippen LogP contribution >= 0.6 is 0 Å². The highest BCUT2D eigenvalue weighted by atomic mass is 16.5.